The van der Waals surface area contributed by atoms with E-state index in [4.69, 9.17) is 31.9 Å². The van der Waals surface area contributed by atoms with E-state index in [2.05, 4.69) is 118 Å². The van der Waals surface area contributed by atoms with Gasteiger partial charge in [-0.05, 0) is 62.6 Å². The van der Waals surface area contributed by atoms with Crippen LogP contribution in [-0.4, -0.2) is 48.1 Å². The Morgan fingerprint density at radius 3 is 1.77 bits per heavy atom. The predicted octanol–water partition coefficient (Wildman–Crippen LogP) is 12.5. The zero-order chi connectivity index (χ0) is 46.5. The molecule has 2 fully saturated rings. The van der Waals surface area contributed by atoms with Gasteiger partial charge in [-0.15, -0.1) is 0 Å². The Bertz CT molecular complexity index is 2570. The minimum atomic E-state index is -2.27. The van der Waals surface area contributed by atoms with Crippen molar-refractivity contribution in [3.8, 4) is 0 Å². The number of hydrogen-bond acceptors (Lipinski definition) is 9. The van der Waals surface area contributed by atoms with E-state index < -0.39 is 51.1 Å². The second kappa shape index (κ2) is 18.1. The van der Waals surface area contributed by atoms with Crippen LogP contribution in [0.25, 0.3) is 21.9 Å². The molecule has 4 aromatic carbocycles. The Balaban J connectivity index is 1.38. The van der Waals surface area contributed by atoms with Crippen molar-refractivity contribution in [1.29, 1.82) is 0 Å². The van der Waals surface area contributed by atoms with E-state index in [0.29, 0.717) is 11.2 Å². The van der Waals surface area contributed by atoms with Crippen LogP contribution in [0.1, 0.15) is 133 Å². The minimum absolute atomic E-state index is 0.168. The summed E-state index contributed by atoms with van der Waals surface area (Å²) in [7, 11) is -2.27. The maximum Gasteiger partial charge on any atom is 0.387 e. The number of nitrogens with zero attached hydrogens (tertiary/aromatic N) is 1. The summed E-state index contributed by atoms with van der Waals surface area (Å²) in [4.78, 5) is 18.7. The molecule has 1 N–H and O–H groups in total. The summed E-state index contributed by atoms with van der Waals surface area (Å²) < 4.78 is 48.6. The monoisotopic (exact) mass is 900 g/mol. The van der Waals surface area contributed by atoms with E-state index >= 15 is 0 Å². The topological polar surface area (TPSA) is 114 Å². The molecule has 10 nitrogen and oxygen atoms in total. The highest BCUT2D eigenvalue weighted by atomic mass is 31.1. The number of nitrogens with one attached hydrogen (secondary N) is 1. The van der Waals surface area contributed by atoms with E-state index in [9.17, 15) is 4.79 Å². The van der Waals surface area contributed by atoms with Gasteiger partial charge in [0.25, 0.3) is 5.91 Å². The highest BCUT2D eigenvalue weighted by Crippen LogP contribution is 2.47. The summed E-state index contributed by atoms with van der Waals surface area (Å²) in [5.41, 5.74) is 6.84. The van der Waals surface area contributed by atoms with Crippen LogP contribution in [-0.2, 0) is 47.2 Å². The normalized spacial score (nSPS) is 21.8. The highest BCUT2D eigenvalue weighted by Gasteiger charge is 2.53. The number of amides is 1. The van der Waals surface area contributed by atoms with E-state index in [0.717, 1.165) is 33.0 Å². The van der Waals surface area contributed by atoms with Crippen LogP contribution >= 0.6 is 8.24 Å². The van der Waals surface area contributed by atoms with Gasteiger partial charge >= 0.3 is 8.24 Å². The van der Waals surface area contributed by atoms with Gasteiger partial charge in [-0.2, -0.15) is 0 Å². The van der Waals surface area contributed by atoms with Gasteiger partial charge < -0.3 is 32.7 Å². The van der Waals surface area contributed by atoms with Crippen LogP contribution in [0.4, 0.5) is 0 Å². The largest absolute Gasteiger partial charge is 0.399 e. The highest BCUT2D eigenvalue weighted by molar-refractivity contribution is 7.31. The summed E-state index contributed by atoms with van der Waals surface area (Å²) in [5.74, 6) is -0.424. The van der Waals surface area contributed by atoms with E-state index in [1.165, 1.54) is 11.1 Å². The van der Waals surface area contributed by atoms with Crippen molar-refractivity contribution in [3.63, 3.8) is 0 Å². The first-order valence-electron chi connectivity index (χ1n) is 22.7. The van der Waals surface area contributed by atoms with Gasteiger partial charge in [0, 0.05) is 33.7 Å². The van der Waals surface area contributed by atoms with Gasteiger partial charge in [0.1, 0.15) is 41.2 Å². The summed E-state index contributed by atoms with van der Waals surface area (Å²) in [6.45, 7) is 27.1. The number of hydrogen-bond donors (Lipinski definition) is 1. The average Bonchev–Trinajstić information content (AvgIpc) is 3.41. The third-order valence-electron chi connectivity index (χ3n) is 12.2. The molecule has 2 aliphatic heterocycles. The van der Waals surface area contributed by atoms with Gasteiger partial charge in [-0.1, -0.05) is 162 Å². The molecule has 2 aliphatic rings. The molecule has 0 radical (unpaired) electrons. The number of ether oxygens (including phenoxy) is 4. The molecule has 8 rings (SSSR count). The van der Waals surface area contributed by atoms with Gasteiger partial charge in [0.15, 0.2) is 12.6 Å². The molecule has 6 aromatic rings. The predicted molar refractivity (Wildman–Crippen MR) is 257 cm³/mol. The Labute approximate surface area is 385 Å². The Morgan fingerprint density at radius 1 is 0.692 bits per heavy atom. The quantitative estimate of drug-likeness (QED) is 0.159. The molecule has 0 aliphatic carbocycles. The first-order valence-corrected chi connectivity index (χ1v) is 23.8. The maximum atomic E-state index is 14.3. The summed E-state index contributed by atoms with van der Waals surface area (Å²) in [6.07, 6.45) is -2.51. The molecule has 2 aromatic heterocycles. The Hall–Kier alpha value is -4.80. The number of aromatic nitrogens is 1. The third kappa shape index (κ3) is 10.3. The molecule has 2 unspecified atom stereocenters. The number of rotatable bonds is 8. The van der Waals surface area contributed by atoms with E-state index in [-0.39, 0.29) is 40.6 Å². The van der Waals surface area contributed by atoms with E-state index in [1.54, 1.807) is 24.4 Å². The lowest BCUT2D eigenvalue weighted by Gasteiger charge is -2.48. The number of fused-ring (bicyclic) bond motifs is 4. The summed E-state index contributed by atoms with van der Waals surface area (Å²) in [5, 5.41) is 5.12. The molecule has 11 heteroatoms. The van der Waals surface area contributed by atoms with Crippen molar-refractivity contribution in [3.05, 3.63) is 148 Å². The van der Waals surface area contributed by atoms with E-state index in [1.807, 2.05) is 60.7 Å². The van der Waals surface area contributed by atoms with Crippen LogP contribution in [0.2, 0.25) is 0 Å². The third-order valence-corrected chi connectivity index (χ3v) is 13.3. The molecule has 0 bridgehead atoms. The maximum absolute atomic E-state index is 14.3. The first-order chi connectivity index (χ1) is 30.6. The SMILES string of the molecule is CC(C)(C)c1cc(C(C)(C)C)c2op(O[C@H]3[C@@H]4OC(c5ccccc5)OC[C@H]4OC(OCc4ccccc4)[C@@H]3NC(=O)c3ccccn3)oc3c(C(C)(C)C)cc(C(C)(C)C)cc3c2c1. The van der Waals surface area contributed by atoms with Crippen molar-refractivity contribution in [1.82, 2.24) is 10.3 Å². The van der Waals surface area contributed by atoms with Crippen molar-refractivity contribution in [2.75, 3.05) is 6.61 Å². The van der Waals surface area contributed by atoms with Gasteiger partial charge in [-0.3, -0.25) is 14.3 Å². The zero-order valence-electron chi connectivity index (χ0n) is 39.9. The second-order valence-electron chi connectivity index (χ2n) is 21.5. The standard InChI is InChI=1S/C54H65N2O8P/c1-51(2,3)35-27-37-38-28-36(52(4,5)6)30-40(54(10,11)12)45(38)63-65(62-44(37)39(29-35)53(7,8)9)64-47-43(56-48(57)41-25-19-20-26-55-41)50(58-31-33-21-15-13-16-22-33)60-42-32-59-49(61-46(42)47)34-23-17-14-18-24-34/h13-30,42-43,46-47,49-50H,31-32H2,1-12H3,(H,56,57)/t42-,43-,46-,47-,49?,50?/m1/s1. The Morgan fingerprint density at radius 2 is 1.25 bits per heavy atom. The zero-order valence-corrected chi connectivity index (χ0v) is 40.8. The van der Waals surface area contributed by atoms with Crippen molar-refractivity contribution in [2.45, 2.75) is 148 Å². The number of pyridine rings is 1. The fourth-order valence-corrected chi connectivity index (χ4v) is 9.66. The lowest BCUT2D eigenvalue weighted by Crippen LogP contribution is -2.68. The molecule has 1 amide bonds. The Kier molecular flexibility index (Phi) is 13.0. The second-order valence-corrected chi connectivity index (χ2v) is 22.5. The minimum Gasteiger partial charge on any atom is -0.399 e. The smallest absolute Gasteiger partial charge is 0.387 e. The summed E-state index contributed by atoms with van der Waals surface area (Å²) >= 11 is 0. The number of benzene rings is 4. The number of carbonyl (C=O) groups excluding carboxylic acids is 1. The van der Waals surface area contributed by atoms with Crippen molar-refractivity contribution in [2.24, 2.45) is 0 Å². The van der Waals surface area contributed by atoms with Crippen LogP contribution in [0.3, 0.4) is 0 Å². The molecule has 0 spiro atoms. The molecule has 4 heterocycles. The fraction of sp³-hybridized carbons (Fsp3) is 0.444. The van der Waals surface area contributed by atoms with Gasteiger partial charge in [0.05, 0.1) is 13.2 Å². The molecule has 2 saturated heterocycles. The average molecular weight is 901 g/mol. The lowest BCUT2D eigenvalue weighted by atomic mass is 9.77. The van der Waals surface area contributed by atoms with Crippen LogP contribution in [0.15, 0.2) is 118 Å². The number of carbonyl (C=O) groups is 1. The molecular formula is C54H65N2O8P. The lowest BCUT2D eigenvalue weighted by molar-refractivity contribution is -0.339. The molecule has 65 heavy (non-hydrogen) atoms. The molecule has 0 saturated carbocycles. The van der Waals surface area contributed by atoms with Crippen LogP contribution in [0.5, 0.6) is 0 Å². The fourth-order valence-electron chi connectivity index (χ4n) is 8.39. The first kappa shape index (κ1) is 46.7. The summed E-state index contributed by atoms with van der Waals surface area (Å²) in [6, 6.07) is 33.0. The van der Waals surface area contributed by atoms with Crippen molar-refractivity contribution < 1.29 is 36.7 Å². The molecular weight excluding hydrogens is 836 g/mol. The molecule has 344 valence electrons. The van der Waals surface area contributed by atoms with Gasteiger partial charge in [-0.25, -0.2) is 0 Å². The van der Waals surface area contributed by atoms with Crippen LogP contribution < -0.4 is 9.84 Å². The molecule has 6 atom stereocenters. The van der Waals surface area contributed by atoms with Gasteiger partial charge in [0.2, 0.25) is 0 Å². The van der Waals surface area contributed by atoms with Crippen molar-refractivity contribution >= 4 is 36.1 Å². The van der Waals surface area contributed by atoms with Crippen LogP contribution in [0, 0.1) is 0 Å².